The van der Waals surface area contributed by atoms with Crippen molar-refractivity contribution in [2.45, 2.75) is 38.3 Å². The van der Waals surface area contributed by atoms with Crippen LogP contribution in [-0.4, -0.2) is 48.5 Å². The SMILES string of the molecule is CN(CC1CC(Oc2cccc(CN3CCCC3)c2Cl)C1)C(=O)c1ccccc1F. The molecule has 1 saturated heterocycles. The lowest BCUT2D eigenvalue weighted by Gasteiger charge is -2.37. The molecule has 2 fully saturated rings. The van der Waals surface area contributed by atoms with Crippen molar-refractivity contribution in [2.75, 3.05) is 26.7 Å². The third kappa shape index (κ3) is 4.79. The third-order valence-electron chi connectivity index (χ3n) is 6.11. The highest BCUT2D eigenvalue weighted by atomic mass is 35.5. The van der Waals surface area contributed by atoms with E-state index in [1.807, 2.05) is 12.1 Å². The van der Waals surface area contributed by atoms with Gasteiger partial charge in [0.15, 0.2) is 0 Å². The van der Waals surface area contributed by atoms with E-state index < -0.39 is 5.82 Å². The fourth-order valence-corrected chi connectivity index (χ4v) is 4.59. The van der Waals surface area contributed by atoms with E-state index in [2.05, 4.69) is 11.0 Å². The lowest BCUT2D eigenvalue weighted by atomic mass is 9.82. The van der Waals surface area contributed by atoms with E-state index >= 15 is 0 Å². The normalized spacial score (nSPS) is 21.3. The first-order valence-corrected chi connectivity index (χ1v) is 11.1. The second-order valence-electron chi connectivity index (χ2n) is 8.46. The molecule has 30 heavy (non-hydrogen) atoms. The van der Waals surface area contributed by atoms with Crippen LogP contribution >= 0.6 is 11.6 Å². The topological polar surface area (TPSA) is 32.8 Å². The number of carbonyl (C=O) groups is 1. The maximum absolute atomic E-state index is 13.9. The van der Waals surface area contributed by atoms with Gasteiger partial charge in [0.25, 0.3) is 5.91 Å². The summed E-state index contributed by atoms with van der Waals surface area (Å²) in [6, 6.07) is 12.1. The van der Waals surface area contributed by atoms with Crippen LogP contribution < -0.4 is 4.74 Å². The van der Waals surface area contributed by atoms with Crippen LogP contribution in [0.2, 0.25) is 5.02 Å². The molecular formula is C24H28ClFN2O2. The van der Waals surface area contributed by atoms with E-state index in [1.54, 1.807) is 24.1 Å². The van der Waals surface area contributed by atoms with Gasteiger partial charge in [0.05, 0.1) is 16.7 Å². The summed E-state index contributed by atoms with van der Waals surface area (Å²) in [4.78, 5) is 16.5. The standard InChI is InChI=1S/C24H28ClFN2O2/c1-27(24(29)20-8-2-3-9-21(20)26)15-17-13-19(14-17)30-22-10-6-7-18(23(22)25)16-28-11-4-5-12-28/h2-3,6-10,17,19H,4-5,11-16H2,1H3. The fraction of sp³-hybridized carbons (Fsp3) is 0.458. The van der Waals surface area contributed by atoms with Crippen LogP contribution in [0, 0.1) is 11.7 Å². The number of hydrogen-bond acceptors (Lipinski definition) is 3. The zero-order chi connectivity index (χ0) is 21.1. The number of nitrogens with zero attached hydrogens (tertiary/aromatic N) is 2. The molecule has 0 radical (unpaired) electrons. The van der Waals surface area contributed by atoms with Gasteiger partial charge in [0.2, 0.25) is 0 Å². The summed E-state index contributed by atoms with van der Waals surface area (Å²) in [5, 5.41) is 0.708. The number of carbonyl (C=O) groups excluding carboxylic acids is 1. The van der Waals surface area contributed by atoms with Gasteiger partial charge in [-0.25, -0.2) is 4.39 Å². The number of ether oxygens (including phenoxy) is 1. The first kappa shape index (κ1) is 21.1. The third-order valence-corrected chi connectivity index (χ3v) is 6.53. The van der Waals surface area contributed by atoms with Crippen molar-refractivity contribution in [1.29, 1.82) is 0 Å². The molecule has 160 valence electrons. The average molecular weight is 431 g/mol. The molecule has 0 aromatic heterocycles. The lowest BCUT2D eigenvalue weighted by Crippen LogP contribution is -2.42. The molecule has 0 unspecified atom stereocenters. The van der Waals surface area contributed by atoms with Gasteiger partial charge in [-0.05, 0) is 68.5 Å². The van der Waals surface area contributed by atoms with Crippen LogP contribution in [0.1, 0.15) is 41.6 Å². The van der Waals surface area contributed by atoms with Crippen molar-refractivity contribution in [1.82, 2.24) is 9.80 Å². The maximum atomic E-state index is 13.9. The Morgan fingerprint density at radius 2 is 1.90 bits per heavy atom. The number of halogens is 2. The summed E-state index contributed by atoms with van der Waals surface area (Å²) < 4.78 is 20.0. The quantitative estimate of drug-likeness (QED) is 0.619. The van der Waals surface area contributed by atoms with E-state index in [0.29, 0.717) is 17.5 Å². The first-order valence-electron chi connectivity index (χ1n) is 10.7. The Morgan fingerprint density at radius 3 is 2.63 bits per heavy atom. The minimum Gasteiger partial charge on any atom is -0.489 e. The summed E-state index contributed by atoms with van der Waals surface area (Å²) in [6.07, 6.45) is 4.34. The highest BCUT2D eigenvalue weighted by molar-refractivity contribution is 6.32. The largest absolute Gasteiger partial charge is 0.489 e. The lowest BCUT2D eigenvalue weighted by molar-refractivity contribution is 0.0417. The zero-order valence-corrected chi connectivity index (χ0v) is 18.1. The molecule has 6 heteroatoms. The molecule has 2 aliphatic rings. The summed E-state index contributed by atoms with van der Waals surface area (Å²) in [5.41, 5.74) is 1.23. The number of likely N-dealkylation sites (tertiary alicyclic amines) is 1. The predicted molar refractivity (Wildman–Crippen MR) is 116 cm³/mol. The van der Waals surface area contributed by atoms with Gasteiger partial charge in [0.1, 0.15) is 11.6 Å². The molecule has 4 rings (SSSR count). The summed E-state index contributed by atoms with van der Waals surface area (Å²) in [7, 11) is 1.72. The second kappa shape index (κ2) is 9.36. The Balaban J connectivity index is 1.28. The molecule has 0 N–H and O–H groups in total. The molecule has 0 spiro atoms. The van der Waals surface area contributed by atoms with Gasteiger partial charge < -0.3 is 9.64 Å². The first-order chi connectivity index (χ1) is 14.5. The van der Waals surface area contributed by atoms with Crippen molar-refractivity contribution >= 4 is 17.5 Å². The molecule has 4 nitrogen and oxygen atoms in total. The summed E-state index contributed by atoms with van der Waals surface area (Å²) >= 11 is 6.62. The highest BCUT2D eigenvalue weighted by Gasteiger charge is 2.33. The van der Waals surface area contributed by atoms with Crippen molar-refractivity contribution in [3.63, 3.8) is 0 Å². The minimum atomic E-state index is -0.479. The van der Waals surface area contributed by atoms with Crippen LogP contribution in [0.4, 0.5) is 4.39 Å². The zero-order valence-electron chi connectivity index (χ0n) is 17.3. The van der Waals surface area contributed by atoms with Gasteiger partial charge in [-0.1, -0.05) is 35.9 Å². The Hall–Kier alpha value is -2.11. The molecule has 2 aromatic rings. The minimum absolute atomic E-state index is 0.103. The average Bonchev–Trinajstić information content (AvgIpc) is 3.22. The van der Waals surface area contributed by atoms with Gasteiger partial charge in [-0.2, -0.15) is 0 Å². The molecule has 1 aliphatic heterocycles. The van der Waals surface area contributed by atoms with Gasteiger partial charge in [-0.15, -0.1) is 0 Å². The Morgan fingerprint density at radius 1 is 1.17 bits per heavy atom. The Labute approximate surface area is 182 Å². The van der Waals surface area contributed by atoms with E-state index in [4.69, 9.17) is 16.3 Å². The molecular weight excluding hydrogens is 403 g/mol. The van der Waals surface area contributed by atoms with E-state index in [-0.39, 0.29) is 17.6 Å². The van der Waals surface area contributed by atoms with Crippen molar-refractivity contribution in [3.8, 4) is 5.75 Å². The summed E-state index contributed by atoms with van der Waals surface area (Å²) in [6.45, 7) is 3.72. The predicted octanol–water partition coefficient (Wildman–Crippen LogP) is 5.00. The van der Waals surface area contributed by atoms with Gasteiger partial charge >= 0.3 is 0 Å². The molecule has 1 amide bonds. The number of amides is 1. The molecule has 1 aliphatic carbocycles. The highest BCUT2D eigenvalue weighted by Crippen LogP contribution is 2.36. The number of rotatable bonds is 7. The molecule has 2 aromatic carbocycles. The smallest absolute Gasteiger partial charge is 0.256 e. The maximum Gasteiger partial charge on any atom is 0.256 e. The van der Waals surface area contributed by atoms with Crippen LogP contribution in [-0.2, 0) is 6.54 Å². The van der Waals surface area contributed by atoms with Crippen LogP contribution in [0.3, 0.4) is 0 Å². The monoisotopic (exact) mass is 430 g/mol. The summed E-state index contributed by atoms with van der Waals surface area (Å²) in [5.74, 6) is 0.331. The van der Waals surface area contributed by atoms with Crippen molar-refractivity contribution in [3.05, 3.63) is 64.4 Å². The number of benzene rings is 2. The Kier molecular flexibility index (Phi) is 6.59. The van der Waals surface area contributed by atoms with E-state index in [0.717, 1.165) is 43.8 Å². The van der Waals surface area contributed by atoms with E-state index in [9.17, 15) is 9.18 Å². The second-order valence-corrected chi connectivity index (χ2v) is 8.83. The van der Waals surface area contributed by atoms with Gasteiger partial charge in [0, 0.05) is 20.1 Å². The fourth-order valence-electron chi connectivity index (χ4n) is 4.36. The Bertz CT molecular complexity index is 895. The van der Waals surface area contributed by atoms with Crippen LogP contribution in [0.15, 0.2) is 42.5 Å². The van der Waals surface area contributed by atoms with Crippen LogP contribution in [0.25, 0.3) is 0 Å². The molecule has 0 bridgehead atoms. The van der Waals surface area contributed by atoms with Crippen LogP contribution in [0.5, 0.6) is 5.75 Å². The van der Waals surface area contributed by atoms with Crippen molar-refractivity contribution in [2.24, 2.45) is 5.92 Å². The number of hydrogen-bond donors (Lipinski definition) is 0. The molecule has 1 saturated carbocycles. The van der Waals surface area contributed by atoms with Gasteiger partial charge in [-0.3, -0.25) is 9.69 Å². The molecule has 1 heterocycles. The van der Waals surface area contributed by atoms with Crippen molar-refractivity contribution < 1.29 is 13.9 Å². The molecule has 0 atom stereocenters. The van der Waals surface area contributed by atoms with E-state index in [1.165, 1.54) is 25.0 Å².